The van der Waals surface area contributed by atoms with Crippen LogP contribution in [0.5, 0.6) is 0 Å². The van der Waals surface area contributed by atoms with Crippen LogP contribution >= 0.6 is 11.6 Å². The zero-order valence-electron chi connectivity index (χ0n) is 11.1. The lowest BCUT2D eigenvalue weighted by Gasteiger charge is -2.19. The molecular formula is C13H21ClN4. The molecule has 5 heteroatoms. The standard InChI is InChI=1S/C13H21ClN4/c1-9(2)4-3-6-16-12-10-8-15-7-5-11(10)17-13(14)18-12/h9,15H,3-8H2,1-2H3,(H,16,17,18). The van der Waals surface area contributed by atoms with E-state index >= 15 is 0 Å². The molecule has 1 aliphatic rings. The second kappa shape index (κ2) is 6.34. The third-order valence-corrected chi connectivity index (χ3v) is 3.33. The van der Waals surface area contributed by atoms with E-state index in [1.165, 1.54) is 12.0 Å². The van der Waals surface area contributed by atoms with Gasteiger partial charge in [0.1, 0.15) is 5.82 Å². The summed E-state index contributed by atoms with van der Waals surface area (Å²) < 4.78 is 0. The fourth-order valence-corrected chi connectivity index (χ4v) is 2.36. The molecule has 2 rings (SSSR count). The number of halogens is 1. The van der Waals surface area contributed by atoms with Gasteiger partial charge < -0.3 is 10.6 Å². The number of aromatic nitrogens is 2. The molecular weight excluding hydrogens is 248 g/mol. The molecule has 100 valence electrons. The molecule has 0 spiro atoms. The van der Waals surface area contributed by atoms with Gasteiger partial charge in [0.2, 0.25) is 5.28 Å². The van der Waals surface area contributed by atoms with Gasteiger partial charge in [-0.15, -0.1) is 0 Å². The van der Waals surface area contributed by atoms with Gasteiger partial charge in [0, 0.05) is 31.6 Å². The van der Waals surface area contributed by atoms with E-state index < -0.39 is 0 Å². The van der Waals surface area contributed by atoms with E-state index in [0.29, 0.717) is 5.28 Å². The number of fused-ring (bicyclic) bond motifs is 1. The molecule has 0 saturated carbocycles. The summed E-state index contributed by atoms with van der Waals surface area (Å²) in [4.78, 5) is 8.61. The van der Waals surface area contributed by atoms with Gasteiger partial charge in [0.25, 0.3) is 0 Å². The minimum absolute atomic E-state index is 0.349. The van der Waals surface area contributed by atoms with Crippen LogP contribution in [0.15, 0.2) is 0 Å². The Balaban J connectivity index is 2.00. The summed E-state index contributed by atoms with van der Waals surface area (Å²) in [5.74, 6) is 1.65. The maximum Gasteiger partial charge on any atom is 0.224 e. The number of nitrogens with one attached hydrogen (secondary N) is 2. The van der Waals surface area contributed by atoms with E-state index in [0.717, 1.165) is 49.9 Å². The molecule has 1 aromatic heterocycles. The van der Waals surface area contributed by atoms with Gasteiger partial charge in [-0.1, -0.05) is 13.8 Å². The highest BCUT2D eigenvalue weighted by atomic mass is 35.5. The molecule has 0 aromatic carbocycles. The Hall–Kier alpha value is -0.870. The predicted molar refractivity (Wildman–Crippen MR) is 75.0 cm³/mol. The smallest absolute Gasteiger partial charge is 0.224 e. The Bertz CT molecular complexity index is 406. The van der Waals surface area contributed by atoms with Crippen molar-refractivity contribution in [1.29, 1.82) is 0 Å². The number of nitrogens with zero attached hydrogens (tertiary/aromatic N) is 2. The molecule has 1 aliphatic heterocycles. The summed E-state index contributed by atoms with van der Waals surface area (Å²) in [6, 6.07) is 0. The van der Waals surface area contributed by atoms with Gasteiger partial charge in [0.05, 0.1) is 5.69 Å². The first kappa shape index (κ1) is 13.6. The number of hydrogen-bond donors (Lipinski definition) is 2. The maximum absolute atomic E-state index is 5.96. The molecule has 4 nitrogen and oxygen atoms in total. The monoisotopic (exact) mass is 268 g/mol. The second-order valence-corrected chi connectivity index (χ2v) is 5.49. The van der Waals surface area contributed by atoms with Crippen molar-refractivity contribution in [2.24, 2.45) is 5.92 Å². The van der Waals surface area contributed by atoms with E-state index in [1.807, 2.05) is 0 Å². The normalized spacial score (nSPS) is 14.7. The van der Waals surface area contributed by atoms with Gasteiger partial charge in [-0.3, -0.25) is 0 Å². The molecule has 0 unspecified atom stereocenters. The number of hydrogen-bond acceptors (Lipinski definition) is 4. The van der Waals surface area contributed by atoms with Crippen LogP contribution in [-0.2, 0) is 13.0 Å². The maximum atomic E-state index is 5.96. The molecule has 1 aromatic rings. The van der Waals surface area contributed by atoms with E-state index in [2.05, 4.69) is 34.4 Å². The molecule has 2 N–H and O–H groups in total. The Morgan fingerprint density at radius 3 is 3.00 bits per heavy atom. The van der Waals surface area contributed by atoms with Crippen LogP contribution in [-0.4, -0.2) is 23.1 Å². The number of rotatable bonds is 5. The minimum atomic E-state index is 0.349. The Kier molecular flexibility index (Phi) is 4.78. The highest BCUT2D eigenvalue weighted by Crippen LogP contribution is 2.21. The average Bonchev–Trinajstić information content (AvgIpc) is 2.34. The molecule has 0 radical (unpaired) electrons. The quantitative estimate of drug-likeness (QED) is 0.637. The minimum Gasteiger partial charge on any atom is -0.370 e. The lowest BCUT2D eigenvalue weighted by Crippen LogP contribution is -2.26. The average molecular weight is 269 g/mol. The van der Waals surface area contributed by atoms with Crippen molar-refractivity contribution in [3.63, 3.8) is 0 Å². The first-order valence-electron chi connectivity index (χ1n) is 6.66. The summed E-state index contributed by atoms with van der Waals surface area (Å²) >= 11 is 5.96. The third-order valence-electron chi connectivity index (χ3n) is 3.16. The van der Waals surface area contributed by atoms with Crippen LogP contribution < -0.4 is 10.6 Å². The van der Waals surface area contributed by atoms with E-state index in [-0.39, 0.29) is 0 Å². The van der Waals surface area contributed by atoms with Crippen molar-refractivity contribution in [1.82, 2.24) is 15.3 Å². The fraction of sp³-hybridized carbons (Fsp3) is 0.692. The Morgan fingerprint density at radius 2 is 2.22 bits per heavy atom. The lowest BCUT2D eigenvalue weighted by atomic mass is 10.1. The highest BCUT2D eigenvalue weighted by molar-refractivity contribution is 6.28. The van der Waals surface area contributed by atoms with E-state index in [1.54, 1.807) is 0 Å². The van der Waals surface area contributed by atoms with E-state index in [9.17, 15) is 0 Å². The van der Waals surface area contributed by atoms with Crippen molar-refractivity contribution in [3.05, 3.63) is 16.5 Å². The van der Waals surface area contributed by atoms with Crippen LogP contribution in [0.1, 0.15) is 37.9 Å². The summed E-state index contributed by atoms with van der Waals surface area (Å²) in [6.45, 7) is 7.23. The van der Waals surface area contributed by atoms with Gasteiger partial charge >= 0.3 is 0 Å². The molecule has 0 saturated heterocycles. The van der Waals surface area contributed by atoms with Crippen molar-refractivity contribution in [3.8, 4) is 0 Å². The van der Waals surface area contributed by atoms with Crippen molar-refractivity contribution in [2.75, 3.05) is 18.4 Å². The molecule has 0 atom stereocenters. The summed E-state index contributed by atoms with van der Waals surface area (Å²) in [6.07, 6.45) is 3.31. The van der Waals surface area contributed by atoms with Crippen LogP contribution in [0.2, 0.25) is 5.28 Å². The molecule has 0 amide bonds. The third kappa shape index (κ3) is 3.56. The topological polar surface area (TPSA) is 49.8 Å². The van der Waals surface area contributed by atoms with Crippen molar-refractivity contribution < 1.29 is 0 Å². The predicted octanol–water partition coefficient (Wildman–Crippen LogP) is 2.62. The second-order valence-electron chi connectivity index (χ2n) is 5.16. The van der Waals surface area contributed by atoms with Gasteiger partial charge in [-0.25, -0.2) is 9.97 Å². The first-order chi connectivity index (χ1) is 8.66. The molecule has 2 heterocycles. The zero-order valence-corrected chi connectivity index (χ0v) is 11.8. The van der Waals surface area contributed by atoms with Crippen molar-refractivity contribution >= 4 is 17.4 Å². The van der Waals surface area contributed by atoms with Gasteiger partial charge in [0.15, 0.2) is 0 Å². The van der Waals surface area contributed by atoms with Gasteiger partial charge in [-0.05, 0) is 30.4 Å². The first-order valence-corrected chi connectivity index (χ1v) is 7.04. The SMILES string of the molecule is CC(C)CCCNc1nc(Cl)nc2c1CNCC2. The van der Waals surface area contributed by atoms with Crippen LogP contribution in [0.3, 0.4) is 0 Å². The van der Waals surface area contributed by atoms with Gasteiger partial charge in [-0.2, -0.15) is 0 Å². The highest BCUT2D eigenvalue weighted by Gasteiger charge is 2.16. The van der Waals surface area contributed by atoms with Crippen LogP contribution in [0.4, 0.5) is 5.82 Å². The van der Waals surface area contributed by atoms with Crippen LogP contribution in [0, 0.1) is 5.92 Å². The Labute approximate surface area is 114 Å². The summed E-state index contributed by atoms with van der Waals surface area (Å²) in [5.41, 5.74) is 2.26. The van der Waals surface area contributed by atoms with E-state index in [4.69, 9.17) is 11.6 Å². The largest absolute Gasteiger partial charge is 0.370 e. The molecule has 0 fully saturated rings. The lowest BCUT2D eigenvalue weighted by molar-refractivity contribution is 0.566. The summed E-state index contributed by atoms with van der Waals surface area (Å²) in [5, 5.41) is 7.09. The zero-order chi connectivity index (χ0) is 13.0. The fourth-order valence-electron chi connectivity index (χ4n) is 2.18. The Morgan fingerprint density at radius 1 is 1.39 bits per heavy atom. The van der Waals surface area contributed by atoms with Crippen molar-refractivity contribution in [2.45, 2.75) is 39.7 Å². The van der Waals surface area contributed by atoms with Crippen LogP contribution in [0.25, 0.3) is 0 Å². The molecule has 0 aliphatic carbocycles. The summed E-state index contributed by atoms with van der Waals surface area (Å²) in [7, 11) is 0. The molecule has 0 bridgehead atoms. The molecule has 18 heavy (non-hydrogen) atoms. The number of anilines is 1.